The minimum absolute atomic E-state index is 0.113. The number of carbonyl (C=O) groups excluding carboxylic acids is 2. The summed E-state index contributed by atoms with van der Waals surface area (Å²) in [6.07, 6.45) is 3.74. The molecule has 5 N–H and O–H groups in total. The van der Waals surface area contributed by atoms with E-state index in [0.717, 1.165) is 5.56 Å². The van der Waals surface area contributed by atoms with Crippen molar-refractivity contribution >= 4 is 29.1 Å². The number of nitrogen functional groups attached to an aromatic ring is 1. The summed E-state index contributed by atoms with van der Waals surface area (Å²) in [5.41, 5.74) is 8.60. The summed E-state index contributed by atoms with van der Waals surface area (Å²) >= 11 is 0. The lowest BCUT2D eigenvalue weighted by Crippen LogP contribution is -2.17. The minimum Gasteiger partial charge on any atom is -0.508 e. The average Bonchev–Trinajstić information content (AvgIpc) is 2.85. The Morgan fingerprint density at radius 3 is 2.43 bits per heavy atom. The maximum atomic E-state index is 12.5. The molecule has 0 fully saturated rings. The van der Waals surface area contributed by atoms with E-state index in [1.165, 1.54) is 18.2 Å². The molecule has 8 heteroatoms. The molecule has 0 aliphatic heterocycles. The van der Waals surface area contributed by atoms with Gasteiger partial charge in [0, 0.05) is 5.69 Å². The summed E-state index contributed by atoms with van der Waals surface area (Å²) < 4.78 is 5.64. The van der Waals surface area contributed by atoms with Crippen molar-refractivity contribution in [3.8, 4) is 11.8 Å². The fraction of sp³-hybridized carbons (Fsp3) is 0.148. The number of unbranched alkanes of at least 4 members (excludes halogenated alkanes) is 1. The van der Waals surface area contributed by atoms with E-state index in [9.17, 15) is 14.7 Å². The third-order valence-corrected chi connectivity index (χ3v) is 5.10. The fourth-order valence-corrected chi connectivity index (χ4v) is 3.28. The smallest absolute Gasteiger partial charge is 0.412 e. The van der Waals surface area contributed by atoms with Gasteiger partial charge in [0.1, 0.15) is 11.9 Å². The van der Waals surface area contributed by atoms with Crippen LogP contribution in [0.1, 0.15) is 36.5 Å². The number of amides is 2. The SMILES string of the molecule is N#Cc1ccc(NC(=O)O[C@H](CCC/C=C/C(=O)Nc2ccccc2N)c2ccc(O)cc2)cc1. The molecular formula is C27H26N4O4. The van der Waals surface area contributed by atoms with E-state index in [1.54, 1.807) is 66.7 Å². The van der Waals surface area contributed by atoms with Crippen LogP contribution < -0.4 is 16.4 Å². The van der Waals surface area contributed by atoms with Crippen LogP contribution in [0.25, 0.3) is 0 Å². The predicted octanol–water partition coefficient (Wildman–Crippen LogP) is 5.50. The molecule has 3 rings (SSSR count). The minimum atomic E-state index is -0.636. The second-order valence-corrected chi connectivity index (χ2v) is 7.71. The van der Waals surface area contributed by atoms with Gasteiger partial charge in [-0.25, -0.2) is 4.79 Å². The molecule has 0 unspecified atom stereocenters. The Labute approximate surface area is 203 Å². The van der Waals surface area contributed by atoms with E-state index < -0.39 is 12.2 Å². The van der Waals surface area contributed by atoms with E-state index in [2.05, 4.69) is 10.6 Å². The van der Waals surface area contributed by atoms with Gasteiger partial charge in [0.15, 0.2) is 0 Å². The number of anilines is 3. The van der Waals surface area contributed by atoms with Crippen molar-refractivity contribution in [3.05, 3.63) is 96.1 Å². The lowest BCUT2D eigenvalue weighted by atomic mass is 10.0. The summed E-state index contributed by atoms with van der Waals surface area (Å²) in [5, 5.41) is 23.9. The number of phenols is 1. The molecule has 3 aromatic rings. The predicted molar refractivity (Wildman–Crippen MR) is 135 cm³/mol. The first kappa shape index (κ1) is 24.9. The highest BCUT2D eigenvalue weighted by atomic mass is 16.6. The molecule has 178 valence electrons. The van der Waals surface area contributed by atoms with E-state index in [0.29, 0.717) is 41.9 Å². The van der Waals surface area contributed by atoms with Crippen LogP contribution in [0.3, 0.4) is 0 Å². The van der Waals surface area contributed by atoms with Crippen LogP contribution in [0.15, 0.2) is 84.9 Å². The molecule has 0 radical (unpaired) electrons. The third kappa shape index (κ3) is 7.94. The molecule has 1 atom stereocenters. The zero-order valence-electron chi connectivity index (χ0n) is 19.0. The lowest BCUT2D eigenvalue weighted by molar-refractivity contribution is -0.111. The van der Waals surface area contributed by atoms with Crippen LogP contribution in [-0.4, -0.2) is 17.1 Å². The summed E-state index contributed by atoms with van der Waals surface area (Å²) in [5.74, 6) is -0.168. The molecule has 0 bridgehead atoms. The molecule has 0 saturated heterocycles. The summed E-state index contributed by atoms with van der Waals surface area (Å²) in [7, 11) is 0. The van der Waals surface area contributed by atoms with Gasteiger partial charge in [0.2, 0.25) is 5.91 Å². The Kier molecular flexibility index (Phi) is 8.85. The van der Waals surface area contributed by atoms with E-state index in [1.807, 2.05) is 6.07 Å². The number of rotatable bonds is 9. The van der Waals surface area contributed by atoms with Gasteiger partial charge in [-0.2, -0.15) is 5.26 Å². The lowest BCUT2D eigenvalue weighted by Gasteiger charge is -2.18. The number of ether oxygens (including phenoxy) is 1. The second kappa shape index (κ2) is 12.5. The number of benzene rings is 3. The monoisotopic (exact) mass is 470 g/mol. The highest BCUT2D eigenvalue weighted by Gasteiger charge is 2.17. The van der Waals surface area contributed by atoms with Gasteiger partial charge >= 0.3 is 6.09 Å². The van der Waals surface area contributed by atoms with Gasteiger partial charge in [-0.1, -0.05) is 30.3 Å². The van der Waals surface area contributed by atoms with Crippen molar-refractivity contribution in [2.75, 3.05) is 16.4 Å². The normalized spacial score (nSPS) is 11.4. The molecule has 8 nitrogen and oxygen atoms in total. The maximum Gasteiger partial charge on any atom is 0.412 e. The van der Waals surface area contributed by atoms with Crippen LogP contribution in [-0.2, 0) is 9.53 Å². The molecule has 0 aliphatic carbocycles. The van der Waals surface area contributed by atoms with Crippen LogP contribution in [0.2, 0.25) is 0 Å². The molecule has 0 spiro atoms. The van der Waals surface area contributed by atoms with Gasteiger partial charge in [-0.05, 0) is 79.4 Å². The average molecular weight is 471 g/mol. The number of hydrogen-bond donors (Lipinski definition) is 4. The molecule has 0 saturated carbocycles. The Bertz CT molecular complexity index is 1220. The highest BCUT2D eigenvalue weighted by Crippen LogP contribution is 2.26. The van der Waals surface area contributed by atoms with Crippen molar-refractivity contribution in [3.63, 3.8) is 0 Å². The third-order valence-electron chi connectivity index (χ3n) is 5.10. The van der Waals surface area contributed by atoms with Crippen LogP contribution in [0, 0.1) is 11.3 Å². The number of nitrogens with two attached hydrogens (primary N) is 1. The Balaban J connectivity index is 1.54. The maximum absolute atomic E-state index is 12.5. The van der Waals surface area contributed by atoms with Gasteiger partial charge in [-0.3, -0.25) is 10.1 Å². The number of phenolic OH excluding ortho intramolecular Hbond substituents is 1. The number of aromatic hydroxyl groups is 1. The number of carbonyl (C=O) groups is 2. The van der Waals surface area contributed by atoms with Gasteiger partial charge in [0.25, 0.3) is 0 Å². The van der Waals surface area contributed by atoms with E-state index in [-0.39, 0.29) is 11.7 Å². The topological polar surface area (TPSA) is 137 Å². The van der Waals surface area contributed by atoms with Crippen molar-refractivity contribution in [1.29, 1.82) is 5.26 Å². The first-order valence-electron chi connectivity index (χ1n) is 11.0. The molecule has 0 heterocycles. The Hall–Kier alpha value is -4.77. The number of allylic oxidation sites excluding steroid dienone is 1. The van der Waals surface area contributed by atoms with Crippen LogP contribution in [0.5, 0.6) is 5.75 Å². The number of para-hydroxylation sites is 2. The van der Waals surface area contributed by atoms with Crippen molar-refractivity contribution in [1.82, 2.24) is 0 Å². The van der Waals surface area contributed by atoms with Crippen LogP contribution in [0.4, 0.5) is 21.9 Å². The van der Waals surface area contributed by atoms with E-state index >= 15 is 0 Å². The Morgan fingerprint density at radius 2 is 1.74 bits per heavy atom. The number of nitrogens with zero attached hydrogens (tertiary/aromatic N) is 1. The molecule has 3 aromatic carbocycles. The van der Waals surface area contributed by atoms with Crippen molar-refractivity contribution < 1.29 is 19.4 Å². The fourth-order valence-electron chi connectivity index (χ4n) is 3.28. The molecule has 35 heavy (non-hydrogen) atoms. The van der Waals surface area contributed by atoms with Gasteiger partial charge in [0.05, 0.1) is 23.0 Å². The second-order valence-electron chi connectivity index (χ2n) is 7.71. The van der Waals surface area contributed by atoms with Crippen molar-refractivity contribution in [2.24, 2.45) is 0 Å². The standard InChI is InChI=1S/C27H26N4O4/c28-18-19-10-14-21(15-11-19)30-27(34)35-25(20-12-16-22(32)17-13-20)8-2-1-3-9-26(33)31-24-7-5-4-6-23(24)29/h3-7,9-17,25,32H,1-2,8,29H2,(H,30,34)(H,31,33)/b9-3+/t25-/m1/s1. The molecular weight excluding hydrogens is 444 g/mol. The summed E-state index contributed by atoms with van der Waals surface area (Å²) in [6, 6.07) is 21.9. The Morgan fingerprint density at radius 1 is 1.03 bits per heavy atom. The number of nitrogens with one attached hydrogen (secondary N) is 2. The number of hydrogen-bond acceptors (Lipinski definition) is 6. The molecule has 2 amide bonds. The van der Waals surface area contributed by atoms with Gasteiger partial charge in [-0.15, -0.1) is 0 Å². The first-order valence-corrected chi connectivity index (χ1v) is 11.0. The number of nitriles is 1. The summed E-state index contributed by atoms with van der Waals surface area (Å²) in [4.78, 5) is 24.6. The van der Waals surface area contributed by atoms with Crippen molar-refractivity contribution in [2.45, 2.75) is 25.4 Å². The zero-order valence-corrected chi connectivity index (χ0v) is 19.0. The first-order chi connectivity index (χ1) is 16.9. The zero-order chi connectivity index (χ0) is 25.0. The summed E-state index contributed by atoms with van der Waals surface area (Å²) in [6.45, 7) is 0. The molecule has 0 aromatic heterocycles. The van der Waals surface area contributed by atoms with Crippen LogP contribution >= 0.6 is 0 Å². The quantitative estimate of drug-likeness (QED) is 0.185. The molecule has 0 aliphatic rings. The highest BCUT2D eigenvalue weighted by molar-refractivity contribution is 6.01. The van der Waals surface area contributed by atoms with E-state index in [4.69, 9.17) is 15.7 Å². The van der Waals surface area contributed by atoms with Gasteiger partial charge < -0.3 is 20.9 Å². The largest absolute Gasteiger partial charge is 0.508 e.